The van der Waals surface area contributed by atoms with E-state index in [-0.39, 0.29) is 50.1 Å². The number of aromatic nitrogens is 3. The van der Waals surface area contributed by atoms with Gasteiger partial charge < -0.3 is 4.57 Å². The maximum Gasteiger partial charge on any atom is 0.416 e. The van der Waals surface area contributed by atoms with Crippen molar-refractivity contribution in [1.29, 1.82) is 36.8 Å². The van der Waals surface area contributed by atoms with Crippen molar-refractivity contribution >= 4 is 21.8 Å². The van der Waals surface area contributed by atoms with Crippen molar-refractivity contribution in [3.63, 3.8) is 0 Å². The number of fused-ring (bicyclic) bond motifs is 3. The number of rotatable bonds is 8. The van der Waals surface area contributed by atoms with Crippen LogP contribution in [0.25, 0.3) is 106 Å². The second-order valence-electron chi connectivity index (χ2n) is 18.2. The van der Waals surface area contributed by atoms with Crippen molar-refractivity contribution in [2.45, 2.75) is 6.18 Å². The number of hydrogen-bond acceptors (Lipinski definition) is 9. The molecular weight excluding hydrogens is 990 g/mol. The molecule has 0 amide bonds. The lowest BCUT2D eigenvalue weighted by atomic mass is 9.90. The van der Waals surface area contributed by atoms with Gasteiger partial charge in [-0.1, -0.05) is 97.1 Å². The number of nitriles is 7. The Hall–Kier alpha value is -11.9. The Morgan fingerprint density at radius 1 is 0.354 bits per heavy atom. The summed E-state index contributed by atoms with van der Waals surface area (Å²) < 4.78 is 46.8. The van der Waals surface area contributed by atoms with E-state index >= 15 is 0 Å². The van der Waals surface area contributed by atoms with Crippen LogP contribution in [0.5, 0.6) is 0 Å². The van der Waals surface area contributed by atoms with Gasteiger partial charge in [-0.05, 0) is 113 Å². The smallest absolute Gasteiger partial charge is 0.308 e. The minimum absolute atomic E-state index is 0.0620. The monoisotopic (exact) mass is 1020 g/mol. The highest BCUT2D eigenvalue weighted by atomic mass is 19.4. The van der Waals surface area contributed by atoms with E-state index in [1.54, 1.807) is 66.7 Å². The van der Waals surface area contributed by atoms with Crippen LogP contribution in [-0.2, 0) is 6.18 Å². The van der Waals surface area contributed by atoms with Gasteiger partial charge in [-0.3, -0.25) is 0 Å². The van der Waals surface area contributed by atoms with Crippen LogP contribution in [-0.4, -0.2) is 14.5 Å². The molecule has 0 radical (unpaired) electrons. The number of halogens is 3. The molecule has 9 aromatic carbocycles. The first-order valence-corrected chi connectivity index (χ1v) is 24.2. The van der Waals surface area contributed by atoms with E-state index in [1.807, 2.05) is 95.6 Å². The minimum atomic E-state index is -4.74. The van der Waals surface area contributed by atoms with E-state index < -0.39 is 11.7 Å². The van der Waals surface area contributed by atoms with Gasteiger partial charge in [-0.15, -0.1) is 0 Å². The fourth-order valence-electron chi connectivity index (χ4n) is 10.1. The van der Waals surface area contributed by atoms with Crippen molar-refractivity contribution in [2.75, 3.05) is 0 Å². The topological polar surface area (TPSA) is 197 Å². The van der Waals surface area contributed by atoms with Crippen molar-refractivity contribution in [2.24, 2.45) is 0 Å². The highest BCUT2D eigenvalue weighted by molar-refractivity contribution is 6.13. The number of hydrogen-bond donors (Lipinski definition) is 0. The van der Waals surface area contributed by atoms with Crippen LogP contribution in [0.3, 0.4) is 0 Å². The first kappa shape index (κ1) is 49.3. The Balaban J connectivity index is 1.31. The third-order valence-electron chi connectivity index (χ3n) is 13.6. The van der Waals surface area contributed by atoms with Gasteiger partial charge in [-0.25, -0.2) is 9.97 Å². The van der Waals surface area contributed by atoms with Gasteiger partial charge in [0.2, 0.25) is 0 Å². The Morgan fingerprint density at radius 2 is 0.797 bits per heavy atom. The first-order valence-electron chi connectivity index (χ1n) is 24.2. The molecule has 0 saturated carbocycles. The zero-order valence-electron chi connectivity index (χ0n) is 41.0. The molecule has 2 heterocycles. The molecule has 366 valence electrons. The molecule has 0 atom stereocenters. The summed E-state index contributed by atoms with van der Waals surface area (Å²) in [6.07, 6.45) is -4.74. The van der Waals surface area contributed by atoms with E-state index in [0.717, 1.165) is 23.3 Å². The molecule has 10 nitrogen and oxygen atoms in total. The van der Waals surface area contributed by atoms with Crippen LogP contribution in [0.4, 0.5) is 13.2 Å². The summed E-state index contributed by atoms with van der Waals surface area (Å²) in [5, 5.41) is 72.8. The average molecular weight is 1020 g/mol. The van der Waals surface area contributed by atoms with E-state index in [2.05, 4.69) is 30.3 Å². The summed E-state index contributed by atoms with van der Waals surface area (Å²) in [5.41, 5.74) is 7.15. The van der Waals surface area contributed by atoms with Gasteiger partial charge in [0.1, 0.15) is 0 Å². The molecule has 11 rings (SSSR count). The fourth-order valence-corrected chi connectivity index (χ4v) is 10.1. The van der Waals surface area contributed by atoms with Crippen LogP contribution in [0.1, 0.15) is 44.5 Å². The van der Waals surface area contributed by atoms with Gasteiger partial charge in [0.05, 0.1) is 115 Å². The third-order valence-corrected chi connectivity index (χ3v) is 13.6. The lowest BCUT2D eigenvalue weighted by Gasteiger charge is -2.22. The van der Waals surface area contributed by atoms with Crippen molar-refractivity contribution in [3.05, 3.63) is 233 Å². The lowest BCUT2D eigenvalue weighted by molar-refractivity contribution is -0.137. The third kappa shape index (κ3) is 8.95. The quantitative estimate of drug-likeness (QED) is 0.142. The fraction of sp³-hybridized carbons (Fsp3) is 0.0152. The summed E-state index contributed by atoms with van der Waals surface area (Å²) in [5.74, 6) is 0.395. The summed E-state index contributed by atoms with van der Waals surface area (Å²) in [7, 11) is 0. The molecule has 0 aliphatic heterocycles. The second kappa shape index (κ2) is 20.1. The molecule has 79 heavy (non-hydrogen) atoms. The Kier molecular flexibility index (Phi) is 12.5. The normalized spacial score (nSPS) is 10.9. The molecule has 0 unspecified atom stereocenters. The van der Waals surface area contributed by atoms with Crippen molar-refractivity contribution in [1.82, 2.24) is 14.5 Å². The van der Waals surface area contributed by atoms with E-state index in [4.69, 9.17) is 9.97 Å². The summed E-state index contributed by atoms with van der Waals surface area (Å²) in [6, 6.07) is 67.3. The van der Waals surface area contributed by atoms with Crippen LogP contribution in [0.15, 0.2) is 188 Å². The molecule has 0 saturated heterocycles. The molecule has 0 N–H and O–H groups in total. The standard InChI is InChI=1S/C66H31F3N10/c67-66(68,69)53-16-8-15-45(26-53)55-30-48(59-31-58(42-10-3-1-4-11-42)77-65(78-59)43-12-5-2-6-13-43)29-54(44-14-7-9-39(21-44)32-70)64(55)79-60-19-17-46(62-49(35-73)22-40(33-71)23-50(62)36-74)27-56(60)57-28-47(18-20-61(57)79)63-51(37-75)24-41(34-72)25-52(63)38-76/h1-31H. The molecule has 0 fully saturated rings. The highest BCUT2D eigenvalue weighted by Gasteiger charge is 2.32. The molecule has 2 aromatic heterocycles. The van der Waals surface area contributed by atoms with Crippen LogP contribution in [0.2, 0.25) is 0 Å². The van der Waals surface area contributed by atoms with Crippen molar-refractivity contribution in [3.8, 4) is 127 Å². The van der Waals surface area contributed by atoms with Gasteiger partial charge in [0.15, 0.2) is 5.82 Å². The Bertz CT molecular complexity index is 4400. The maximum absolute atomic E-state index is 14.9. The summed E-state index contributed by atoms with van der Waals surface area (Å²) in [4.78, 5) is 10.1. The Morgan fingerprint density at radius 3 is 1.27 bits per heavy atom. The van der Waals surface area contributed by atoms with Gasteiger partial charge in [0.25, 0.3) is 0 Å². The molecule has 0 aliphatic rings. The summed E-state index contributed by atoms with van der Waals surface area (Å²) >= 11 is 0. The van der Waals surface area contributed by atoms with Gasteiger partial charge >= 0.3 is 6.18 Å². The van der Waals surface area contributed by atoms with E-state index in [1.165, 1.54) is 30.3 Å². The molecule has 11 aromatic rings. The summed E-state index contributed by atoms with van der Waals surface area (Å²) in [6.45, 7) is 0. The molecule has 0 aliphatic carbocycles. The lowest BCUT2D eigenvalue weighted by Crippen LogP contribution is -2.06. The number of alkyl halides is 3. The SMILES string of the molecule is N#Cc1cccc(-c2cc(-c3cc(-c4ccccc4)nc(-c4ccccc4)n3)cc(-c3cccc(C(F)(F)F)c3)c2-n2c3ccc(-c4c(C#N)cc(C#N)cc4C#N)cc3c3cc(-c4c(C#N)cc(C#N)cc4C#N)ccc32)c1. The number of benzene rings is 9. The largest absolute Gasteiger partial charge is 0.416 e. The molecular formula is C66H31F3N10. The van der Waals surface area contributed by atoms with Gasteiger partial charge in [-0.2, -0.15) is 50.0 Å². The maximum atomic E-state index is 14.9. The zero-order valence-corrected chi connectivity index (χ0v) is 41.0. The highest BCUT2D eigenvalue weighted by Crippen LogP contribution is 2.47. The zero-order chi connectivity index (χ0) is 55.0. The second-order valence-corrected chi connectivity index (χ2v) is 18.2. The van der Waals surface area contributed by atoms with E-state index in [0.29, 0.717) is 83.6 Å². The average Bonchev–Trinajstić information content (AvgIpc) is 4.07. The van der Waals surface area contributed by atoms with Crippen LogP contribution in [0, 0.1) is 79.3 Å². The predicted molar refractivity (Wildman–Crippen MR) is 292 cm³/mol. The van der Waals surface area contributed by atoms with Crippen molar-refractivity contribution < 1.29 is 13.2 Å². The van der Waals surface area contributed by atoms with Gasteiger partial charge in [0, 0.05) is 49.7 Å². The molecule has 13 heteroatoms. The van der Waals surface area contributed by atoms with E-state index in [9.17, 15) is 50.0 Å². The Labute approximate surface area is 449 Å². The predicted octanol–water partition coefficient (Wildman–Crippen LogP) is 15.4. The minimum Gasteiger partial charge on any atom is -0.308 e. The van der Waals surface area contributed by atoms with Crippen LogP contribution >= 0.6 is 0 Å². The molecule has 0 bridgehead atoms. The number of nitrogens with zero attached hydrogens (tertiary/aromatic N) is 10. The van der Waals surface area contributed by atoms with Crippen LogP contribution < -0.4 is 0 Å². The first-order chi connectivity index (χ1) is 38.4. The molecule has 0 spiro atoms.